The second kappa shape index (κ2) is 94.2. The van der Waals surface area contributed by atoms with E-state index in [-0.39, 0.29) is 64.6 Å². The SMILES string of the molecule is CCCCCCCCCCCCCC(=O)OC1[C@@H](COC(=O)CCCN(C)C)O[C@@H](OC(=O)CCCCCCCCCCCCC)[C@H]1OC(=O)CCCCCCCCCCCCC.CCCCCCCCCCCCCCCC(=O)OC1[C@@H](COC(=O)CCCN(C)C)O[C@@H](OC(=O)CCCCCCCCCCCCCCC)[C@H]1OC(=O)CCCCCCCCCCCCCCC. The van der Waals surface area contributed by atoms with Crippen LogP contribution in [0.2, 0.25) is 0 Å². The van der Waals surface area contributed by atoms with Crippen molar-refractivity contribution in [2.75, 3.05) is 54.5 Å². The Bertz CT molecular complexity index is 2640. The molecular weight excluding hydrogens is 1660 g/mol. The molecular formula is C112H210N2O18. The first-order valence-corrected chi connectivity index (χ1v) is 56.5. The number of rotatable bonds is 96. The smallest absolute Gasteiger partial charge is 0.308 e. The number of nitrogens with zero attached hydrogens (tertiary/aromatic N) is 2. The Morgan fingerprint density at radius 2 is 0.326 bits per heavy atom. The van der Waals surface area contributed by atoms with Crippen LogP contribution in [0.3, 0.4) is 0 Å². The molecule has 0 N–H and O–H groups in total. The lowest BCUT2D eigenvalue weighted by Crippen LogP contribution is -2.42. The fourth-order valence-electron chi connectivity index (χ4n) is 17.8. The number of esters is 8. The Hall–Kier alpha value is -4.40. The highest BCUT2D eigenvalue weighted by atomic mass is 16.8. The van der Waals surface area contributed by atoms with Crippen LogP contribution in [-0.2, 0) is 85.7 Å². The highest BCUT2D eigenvalue weighted by Crippen LogP contribution is 2.34. The molecule has 0 radical (unpaired) electrons. The molecule has 2 aliphatic rings. The molecule has 0 bridgehead atoms. The van der Waals surface area contributed by atoms with E-state index in [1.807, 2.05) is 38.0 Å². The molecule has 0 aliphatic carbocycles. The highest BCUT2D eigenvalue weighted by Gasteiger charge is 2.54. The van der Waals surface area contributed by atoms with Gasteiger partial charge in [0.1, 0.15) is 25.4 Å². The summed E-state index contributed by atoms with van der Waals surface area (Å²) in [7, 11) is 7.80. The van der Waals surface area contributed by atoms with Crippen molar-refractivity contribution in [3.63, 3.8) is 0 Å². The number of ether oxygens (including phenoxy) is 10. The Kier molecular flexibility index (Phi) is 89.6. The van der Waals surface area contributed by atoms with Crippen LogP contribution in [0.4, 0.5) is 0 Å². The van der Waals surface area contributed by atoms with Crippen LogP contribution in [0.5, 0.6) is 0 Å². The van der Waals surface area contributed by atoms with Crippen LogP contribution in [0.15, 0.2) is 0 Å². The van der Waals surface area contributed by atoms with Crippen molar-refractivity contribution in [2.45, 2.75) is 617 Å². The fraction of sp³-hybridized carbons (Fsp3) is 0.929. The molecule has 20 nitrogen and oxygen atoms in total. The quantitative estimate of drug-likeness (QED) is 0.0313. The number of hydrogen-bond acceptors (Lipinski definition) is 20. The Balaban J connectivity index is 0.00000133. The lowest BCUT2D eigenvalue weighted by atomic mass is 10.0. The van der Waals surface area contributed by atoms with Crippen LogP contribution < -0.4 is 0 Å². The van der Waals surface area contributed by atoms with E-state index in [4.69, 9.17) is 47.4 Å². The van der Waals surface area contributed by atoms with Gasteiger partial charge in [0.25, 0.3) is 0 Å². The second-order valence-corrected chi connectivity index (χ2v) is 39.9. The van der Waals surface area contributed by atoms with Crippen molar-refractivity contribution in [3.05, 3.63) is 0 Å². The zero-order chi connectivity index (χ0) is 96.3. The van der Waals surface area contributed by atoms with Crippen molar-refractivity contribution in [1.29, 1.82) is 0 Å². The topological polar surface area (TPSA) is 235 Å². The van der Waals surface area contributed by atoms with Crippen LogP contribution in [0.25, 0.3) is 0 Å². The molecule has 2 heterocycles. The zero-order valence-electron chi connectivity index (χ0n) is 87.7. The zero-order valence-corrected chi connectivity index (χ0v) is 87.7. The number of hydrogen-bond donors (Lipinski definition) is 0. The molecule has 2 aliphatic heterocycles. The summed E-state index contributed by atoms with van der Waals surface area (Å²) in [5, 5.41) is 0. The summed E-state index contributed by atoms with van der Waals surface area (Å²) in [6.45, 7) is 14.5. The first-order chi connectivity index (χ1) is 64.4. The van der Waals surface area contributed by atoms with Gasteiger partial charge < -0.3 is 57.2 Å². The van der Waals surface area contributed by atoms with Gasteiger partial charge in [0, 0.05) is 51.4 Å². The molecule has 0 spiro atoms. The maximum absolute atomic E-state index is 13.5. The Labute approximate surface area is 810 Å². The average Bonchev–Trinajstić information content (AvgIpc) is 1.66. The minimum atomic E-state index is -1.28. The largest absolute Gasteiger partial charge is 0.463 e. The van der Waals surface area contributed by atoms with Gasteiger partial charge in [-0.3, -0.25) is 38.4 Å². The van der Waals surface area contributed by atoms with E-state index < -0.39 is 97.0 Å². The summed E-state index contributed by atoms with van der Waals surface area (Å²) in [6, 6.07) is 0. The average molecular weight is 1870 g/mol. The molecule has 0 amide bonds. The first-order valence-electron chi connectivity index (χ1n) is 56.5. The van der Waals surface area contributed by atoms with Gasteiger partial charge in [-0.1, -0.05) is 465 Å². The van der Waals surface area contributed by atoms with Crippen molar-refractivity contribution in [1.82, 2.24) is 9.80 Å². The minimum Gasteiger partial charge on any atom is -0.463 e. The molecule has 2 saturated heterocycles. The molecule has 2 fully saturated rings. The molecule has 2 unspecified atom stereocenters. The maximum Gasteiger partial charge on any atom is 0.308 e. The van der Waals surface area contributed by atoms with Gasteiger partial charge >= 0.3 is 47.8 Å². The van der Waals surface area contributed by atoms with Gasteiger partial charge in [0.2, 0.25) is 24.8 Å². The number of carbonyl (C=O) groups is 8. The lowest BCUT2D eigenvalue weighted by Gasteiger charge is -2.24. The summed E-state index contributed by atoms with van der Waals surface area (Å²) < 4.78 is 59.7. The predicted octanol–water partition coefficient (Wildman–Crippen LogP) is 30.5. The van der Waals surface area contributed by atoms with Crippen molar-refractivity contribution in [3.8, 4) is 0 Å². The maximum atomic E-state index is 13.5. The third-order valence-electron chi connectivity index (χ3n) is 26.3. The van der Waals surface area contributed by atoms with E-state index in [1.54, 1.807) is 0 Å². The molecule has 2 rings (SSSR count). The normalized spacial score (nSPS) is 17.1. The van der Waals surface area contributed by atoms with Crippen LogP contribution in [-0.4, -0.2) is 161 Å². The molecule has 0 saturated carbocycles. The van der Waals surface area contributed by atoms with Crippen LogP contribution in [0, 0.1) is 0 Å². The number of unbranched alkanes of at least 4 members (excludes halogenated alkanes) is 66. The summed E-state index contributed by atoms with van der Waals surface area (Å²) in [5.41, 5.74) is 0. The Morgan fingerprint density at radius 1 is 0.182 bits per heavy atom. The summed E-state index contributed by atoms with van der Waals surface area (Å²) >= 11 is 0. The van der Waals surface area contributed by atoms with Crippen molar-refractivity contribution in [2.24, 2.45) is 0 Å². The predicted molar refractivity (Wildman–Crippen MR) is 541 cm³/mol. The van der Waals surface area contributed by atoms with E-state index in [2.05, 4.69) is 41.5 Å². The number of carbonyl (C=O) groups excluding carboxylic acids is 8. The molecule has 8 atom stereocenters. The molecule has 0 aromatic rings. The van der Waals surface area contributed by atoms with Crippen LogP contribution in [0.1, 0.15) is 568 Å². The van der Waals surface area contributed by atoms with Gasteiger partial charge in [-0.15, -0.1) is 0 Å². The molecule has 776 valence electrons. The van der Waals surface area contributed by atoms with Gasteiger partial charge in [-0.05, 0) is 92.6 Å². The third kappa shape index (κ3) is 78.5. The van der Waals surface area contributed by atoms with Gasteiger partial charge in [0.05, 0.1) is 0 Å². The third-order valence-corrected chi connectivity index (χ3v) is 26.3. The molecule has 0 aromatic carbocycles. The van der Waals surface area contributed by atoms with E-state index in [1.165, 1.54) is 308 Å². The van der Waals surface area contributed by atoms with Gasteiger partial charge in [-0.25, -0.2) is 0 Å². The first kappa shape index (κ1) is 126. The molecule has 132 heavy (non-hydrogen) atoms. The standard InChI is InChI=1S/C59H111NO9.C53H99NO9/c1-6-9-12-15-18-21-24-27-30-33-36-39-42-46-54(62)67-57-52(51-65-53(61)49-45-50-60(4)5)66-59(69-56(64)48-44-41-38-35-32-29-26-23-20-17-14-11-8-3)58(57)68-55(63)47-43-40-37-34-31-28-25-22-19-16-13-10-7-2;1-6-9-12-15-18-21-24-27-30-33-36-40-48(56)61-51-46(45-59-47(55)43-39-44-54(4)5)60-53(63-50(58)42-38-35-32-29-26-23-20-17-14-11-8-3)52(51)62-49(57)41-37-34-31-28-25-22-19-16-13-10-7-2/h52,57-59H,6-51H2,1-5H3;46,51-53H,6-45H2,1-5H3/t52-,57?,58+,59+;46-,51?,52+,53+/m11/s1. The highest BCUT2D eigenvalue weighted by molar-refractivity contribution is 5.73. The van der Waals surface area contributed by atoms with Crippen molar-refractivity contribution < 1.29 is 85.7 Å². The Morgan fingerprint density at radius 3 is 0.492 bits per heavy atom. The van der Waals surface area contributed by atoms with E-state index in [0.29, 0.717) is 51.4 Å². The monoisotopic (exact) mass is 1870 g/mol. The minimum absolute atomic E-state index is 0.206. The van der Waals surface area contributed by atoms with Gasteiger partial charge in [0.15, 0.2) is 12.2 Å². The second-order valence-electron chi connectivity index (χ2n) is 39.9. The van der Waals surface area contributed by atoms with E-state index in [0.717, 1.165) is 129 Å². The fourth-order valence-corrected chi connectivity index (χ4v) is 17.8. The van der Waals surface area contributed by atoms with E-state index in [9.17, 15) is 38.4 Å². The summed E-state index contributed by atoms with van der Waals surface area (Å²) in [4.78, 5) is 110. The molecule has 0 aromatic heterocycles. The van der Waals surface area contributed by atoms with Gasteiger partial charge in [-0.2, -0.15) is 0 Å². The van der Waals surface area contributed by atoms with Crippen LogP contribution >= 0.6 is 0 Å². The van der Waals surface area contributed by atoms with E-state index >= 15 is 0 Å². The summed E-state index contributed by atoms with van der Waals surface area (Å²) in [6.07, 6.45) is 79.5. The van der Waals surface area contributed by atoms with Crippen molar-refractivity contribution >= 4 is 47.8 Å². The summed E-state index contributed by atoms with van der Waals surface area (Å²) in [5.74, 6) is -3.42. The lowest BCUT2D eigenvalue weighted by molar-refractivity contribution is -0.200. The molecule has 20 heteroatoms.